The van der Waals surface area contributed by atoms with Gasteiger partial charge < -0.3 is 21.3 Å². The molecule has 39 heavy (non-hydrogen) atoms. The molecule has 2 aliphatic rings. The number of nitrogens with zero attached hydrogens (tertiary/aromatic N) is 2. The normalized spacial score (nSPS) is 21.4. The lowest BCUT2D eigenvalue weighted by Crippen LogP contribution is -2.56. The predicted molar refractivity (Wildman–Crippen MR) is 155 cm³/mol. The minimum Gasteiger partial charge on any atom is -0.370 e. The van der Waals surface area contributed by atoms with Gasteiger partial charge in [0.25, 0.3) is 0 Å². The van der Waals surface area contributed by atoms with Crippen molar-refractivity contribution in [2.24, 2.45) is 11.7 Å². The van der Waals surface area contributed by atoms with Gasteiger partial charge in [0.15, 0.2) is 11.0 Å². The third kappa shape index (κ3) is 6.25. The summed E-state index contributed by atoms with van der Waals surface area (Å²) in [4.78, 5) is 47.0. The number of nitrogens with one attached hydrogen (secondary N) is 3. The van der Waals surface area contributed by atoms with Gasteiger partial charge in [0, 0.05) is 18.2 Å². The maximum absolute atomic E-state index is 13.6. The Hall–Kier alpha value is -3.44. The summed E-state index contributed by atoms with van der Waals surface area (Å²) >= 11 is 2.94. The average Bonchev–Trinajstić information content (AvgIpc) is 3.57. The lowest BCUT2D eigenvalue weighted by atomic mass is 9.89. The van der Waals surface area contributed by atoms with Crippen LogP contribution >= 0.6 is 23.1 Å². The summed E-state index contributed by atoms with van der Waals surface area (Å²) in [5.41, 5.74) is 7.25. The van der Waals surface area contributed by atoms with Crippen LogP contribution in [0.3, 0.4) is 0 Å². The minimum atomic E-state index is -0.795. The predicted octanol–water partition coefficient (Wildman–Crippen LogP) is 3.15. The zero-order chi connectivity index (χ0) is 27.4. The molecule has 5 rings (SSSR count). The molecule has 2 fully saturated rings. The third-order valence-corrected chi connectivity index (χ3v) is 9.62. The van der Waals surface area contributed by atoms with Gasteiger partial charge in [-0.2, -0.15) is 0 Å². The SMILES string of the molecule is N=C(N)NCCCC(NC(=O)C1CSC2CCC(Cc3ccccc3)C(=O)N21)C(=O)c1nc2ccccc2s1. The van der Waals surface area contributed by atoms with Gasteiger partial charge in [-0.1, -0.05) is 42.5 Å². The molecule has 204 valence electrons. The van der Waals surface area contributed by atoms with E-state index in [-0.39, 0.29) is 34.8 Å². The highest BCUT2D eigenvalue weighted by Gasteiger charge is 2.47. The Morgan fingerprint density at radius 1 is 1.13 bits per heavy atom. The summed E-state index contributed by atoms with van der Waals surface area (Å²) in [6.45, 7) is 0.405. The summed E-state index contributed by atoms with van der Waals surface area (Å²) in [7, 11) is 0. The molecule has 0 spiro atoms. The molecule has 3 heterocycles. The maximum Gasteiger partial charge on any atom is 0.244 e. The van der Waals surface area contributed by atoms with Crippen molar-refractivity contribution in [2.75, 3.05) is 12.3 Å². The summed E-state index contributed by atoms with van der Waals surface area (Å²) in [5.74, 6) is -0.334. The van der Waals surface area contributed by atoms with Gasteiger partial charge in [-0.3, -0.25) is 19.8 Å². The smallest absolute Gasteiger partial charge is 0.244 e. The van der Waals surface area contributed by atoms with E-state index in [2.05, 4.69) is 15.6 Å². The summed E-state index contributed by atoms with van der Waals surface area (Å²) in [6, 6.07) is 16.1. The molecule has 2 saturated heterocycles. The summed E-state index contributed by atoms with van der Waals surface area (Å²) in [5, 5.41) is 13.4. The number of aromatic nitrogens is 1. The Morgan fingerprint density at radius 3 is 2.67 bits per heavy atom. The number of benzene rings is 2. The van der Waals surface area contributed by atoms with Crippen LogP contribution in [0.15, 0.2) is 54.6 Å². The van der Waals surface area contributed by atoms with E-state index in [9.17, 15) is 14.4 Å². The van der Waals surface area contributed by atoms with Gasteiger partial charge in [-0.05, 0) is 49.8 Å². The van der Waals surface area contributed by atoms with E-state index < -0.39 is 12.1 Å². The molecule has 2 aromatic carbocycles. The minimum absolute atomic E-state index is 0.0139. The molecule has 5 N–H and O–H groups in total. The van der Waals surface area contributed by atoms with E-state index in [1.165, 1.54) is 11.3 Å². The Labute approximate surface area is 235 Å². The van der Waals surface area contributed by atoms with E-state index in [0.717, 1.165) is 28.6 Å². The second-order valence-electron chi connectivity index (χ2n) is 9.91. The maximum atomic E-state index is 13.6. The lowest BCUT2D eigenvalue weighted by Gasteiger charge is -2.37. The number of nitrogens with two attached hydrogens (primary N) is 1. The van der Waals surface area contributed by atoms with Crippen molar-refractivity contribution in [1.82, 2.24) is 20.5 Å². The number of guanidine groups is 1. The first kappa shape index (κ1) is 27.1. The summed E-state index contributed by atoms with van der Waals surface area (Å²) in [6.07, 6.45) is 3.18. The van der Waals surface area contributed by atoms with Crippen molar-refractivity contribution >= 4 is 56.9 Å². The first-order chi connectivity index (χ1) is 18.9. The number of carbonyl (C=O) groups is 3. The molecule has 11 heteroatoms. The van der Waals surface area contributed by atoms with Gasteiger partial charge in [0.1, 0.15) is 6.04 Å². The monoisotopic (exact) mass is 564 g/mol. The fourth-order valence-electron chi connectivity index (χ4n) is 5.24. The van der Waals surface area contributed by atoms with Crippen molar-refractivity contribution in [1.29, 1.82) is 5.41 Å². The molecule has 0 bridgehead atoms. The van der Waals surface area contributed by atoms with Crippen LogP contribution in [-0.2, 0) is 16.0 Å². The van der Waals surface area contributed by atoms with Crippen LogP contribution in [-0.4, -0.2) is 63.2 Å². The highest BCUT2D eigenvalue weighted by atomic mass is 32.2. The van der Waals surface area contributed by atoms with Crippen molar-refractivity contribution in [3.05, 3.63) is 65.2 Å². The first-order valence-corrected chi connectivity index (χ1v) is 15.0. The average molecular weight is 565 g/mol. The molecule has 9 nitrogen and oxygen atoms in total. The molecule has 0 saturated carbocycles. The Balaban J connectivity index is 1.30. The second kappa shape index (κ2) is 12.2. The molecule has 2 amide bonds. The number of hydrogen-bond acceptors (Lipinski definition) is 7. The third-order valence-electron chi connectivity index (χ3n) is 7.21. The van der Waals surface area contributed by atoms with Gasteiger partial charge in [0.2, 0.25) is 17.6 Å². The van der Waals surface area contributed by atoms with Crippen molar-refractivity contribution in [3.63, 3.8) is 0 Å². The van der Waals surface area contributed by atoms with E-state index in [4.69, 9.17) is 11.1 Å². The van der Waals surface area contributed by atoms with Crippen LogP contribution < -0.4 is 16.4 Å². The second-order valence-corrected chi connectivity index (χ2v) is 12.1. The number of ketones is 1. The van der Waals surface area contributed by atoms with Gasteiger partial charge >= 0.3 is 0 Å². The van der Waals surface area contributed by atoms with Crippen LogP contribution in [0.25, 0.3) is 10.2 Å². The summed E-state index contributed by atoms with van der Waals surface area (Å²) < 4.78 is 0.905. The van der Waals surface area contributed by atoms with Crippen molar-refractivity contribution in [2.45, 2.75) is 49.6 Å². The first-order valence-electron chi connectivity index (χ1n) is 13.2. The largest absolute Gasteiger partial charge is 0.370 e. The topological polar surface area (TPSA) is 141 Å². The highest BCUT2D eigenvalue weighted by Crippen LogP contribution is 2.39. The van der Waals surface area contributed by atoms with Crippen LogP contribution in [0.2, 0.25) is 0 Å². The zero-order valence-corrected chi connectivity index (χ0v) is 23.1. The number of Topliss-reactive ketones (excluding diaryl/α,β-unsaturated/α-hetero) is 1. The van der Waals surface area contributed by atoms with Crippen LogP contribution in [0.4, 0.5) is 0 Å². The molecule has 0 aliphatic carbocycles. The molecule has 2 aliphatic heterocycles. The molecule has 4 unspecified atom stereocenters. The quantitative estimate of drug-likeness (QED) is 0.128. The van der Waals surface area contributed by atoms with Crippen LogP contribution in [0.5, 0.6) is 0 Å². The Morgan fingerprint density at radius 2 is 1.90 bits per heavy atom. The number of thiazole rings is 1. The Bertz CT molecular complexity index is 1330. The van der Waals surface area contributed by atoms with Gasteiger partial charge in [-0.25, -0.2) is 4.98 Å². The van der Waals surface area contributed by atoms with E-state index in [0.29, 0.717) is 36.6 Å². The lowest BCUT2D eigenvalue weighted by molar-refractivity contribution is -0.146. The number of para-hydroxylation sites is 1. The molecular formula is C28H32N6O3S2. The van der Waals surface area contributed by atoms with Gasteiger partial charge in [0.05, 0.1) is 21.6 Å². The highest BCUT2D eigenvalue weighted by molar-refractivity contribution is 8.00. The van der Waals surface area contributed by atoms with E-state index in [1.807, 2.05) is 54.6 Å². The number of thioether (sulfide) groups is 1. The number of hydrogen-bond donors (Lipinski definition) is 4. The van der Waals surface area contributed by atoms with E-state index in [1.54, 1.807) is 16.7 Å². The fraction of sp³-hybridized carbons (Fsp3) is 0.393. The Kier molecular flexibility index (Phi) is 8.47. The van der Waals surface area contributed by atoms with Crippen LogP contribution in [0.1, 0.15) is 41.0 Å². The van der Waals surface area contributed by atoms with E-state index >= 15 is 0 Å². The van der Waals surface area contributed by atoms with Crippen molar-refractivity contribution < 1.29 is 14.4 Å². The number of rotatable bonds is 10. The van der Waals surface area contributed by atoms with Crippen LogP contribution in [0, 0.1) is 11.3 Å². The molecule has 3 aromatic rings. The molecule has 4 atom stereocenters. The fourth-order valence-corrected chi connectivity index (χ4v) is 7.63. The van der Waals surface area contributed by atoms with Gasteiger partial charge in [-0.15, -0.1) is 23.1 Å². The molecule has 1 aromatic heterocycles. The zero-order valence-electron chi connectivity index (χ0n) is 21.5. The number of carbonyl (C=O) groups excluding carboxylic acids is 3. The standard InChI is InChI=1S/C28H32N6O3S2/c29-28(30)31-14-6-10-20(24(35)26-33-19-9-4-5-11-22(19)39-26)32-25(36)21-16-38-23-13-12-18(27(37)34(21)23)15-17-7-2-1-3-8-17/h1-5,7-9,11,18,20-21,23H,6,10,12-16H2,(H,32,36)(H4,29,30,31). The number of piperidine rings is 1. The van der Waals surface area contributed by atoms with Crippen molar-refractivity contribution in [3.8, 4) is 0 Å². The molecular weight excluding hydrogens is 532 g/mol. The molecule has 0 radical (unpaired) electrons. The number of amides is 2. The number of fused-ring (bicyclic) bond motifs is 2.